The summed E-state index contributed by atoms with van der Waals surface area (Å²) in [6, 6.07) is -1.36. The smallest absolute Gasteiger partial charge is 0.326 e. The molecule has 5 N–H and O–H groups in total. The lowest BCUT2D eigenvalue weighted by atomic mass is 9.81. The lowest BCUT2D eigenvalue weighted by Crippen LogP contribution is -2.45. The van der Waals surface area contributed by atoms with Crippen molar-refractivity contribution in [1.29, 1.82) is 0 Å². The number of carboxylic acid groups (broad SMARTS) is 2. The lowest BCUT2D eigenvalue weighted by Gasteiger charge is -2.27. The fourth-order valence-corrected chi connectivity index (χ4v) is 2.32. The topological polar surface area (TPSA) is 130 Å². The highest BCUT2D eigenvalue weighted by Gasteiger charge is 2.29. The zero-order chi connectivity index (χ0) is 14.4. The van der Waals surface area contributed by atoms with Crippen molar-refractivity contribution in [3.8, 4) is 0 Å². The molecule has 1 rings (SSSR count). The molecule has 0 aromatic carbocycles. The molecule has 7 heteroatoms. The molecule has 1 atom stereocenters. The largest absolute Gasteiger partial charge is 0.481 e. The summed E-state index contributed by atoms with van der Waals surface area (Å²) in [6.45, 7) is 0.602. The van der Waals surface area contributed by atoms with E-state index in [9.17, 15) is 14.4 Å². The van der Waals surface area contributed by atoms with Crippen LogP contribution in [0.1, 0.15) is 32.1 Å². The highest BCUT2D eigenvalue weighted by molar-refractivity contribution is 5.87. The number of nitrogens with two attached hydrogens (primary N) is 1. The molecule has 108 valence electrons. The van der Waals surface area contributed by atoms with Gasteiger partial charge in [0.15, 0.2) is 0 Å². The molecule has 1 fully saturated rings. The molecule has 1 aliphatic rings. The van der Waals surface area contributed by atoms with Crippen LogP contribution in [0.25, 0.3) is 0 Å². The Morgan fingerprint density at radius 2 is 1.74 bits per heavy atom. The van der Waals surface area contributed by atoms with Crippen molar-refractivity contribution in [2.24, 2.45) is 17.6 Å². The molecule has 0 spiro atoms. The summed E-state index contributed by atoms with van der Waals surface area (Å²) in [5.74, 6) is -2.76. The second-order valence-corrected chi connectivity index (χ2v) is 4.95. The van der Waals surface area contributed by atoms with E-state index in [4.69, 9.17) is 15.9 Å². The molecule has 19 heavy (non-hydrogen) atoms. The van der Waals surface area contributed by atoms with E-state index >= 15 is 0 Å². The molecule has 7 nitrogen and oxygen atoms in total. The molecule has 0 bridgehead atoms. The highest BCUT2D eigenvalue weighted by Crippen LogP contribution is 2.28. The van der Waals surface area contributed by atoms with Crippen molar-refractivity contribution in [3.05, 3.63) is 0 Å². The Kier molecular flexibility index (Phi) is 5.75. The molecule has 0 aromatic rings. The SMILES string of the molecule is NCC1CCC(C(=O)NC(CC(=O)O)C(=O)O)CC1. The second-order valence-electron chi connectivity index (χ2n) is 4.95. The number of hydrogen-bond acceptors (Lipinski definition) is 4. The van der Waals surface area contributed by atoms with Crippen molar-refractivity contribution in [1.82, 2.24) is 5.32 Å². The van der Waals surface area contributed by atoms with E-state index in [1.807, 2.05) is 0 Å². The van der Waals surface area contributed by atoms with Crippen molar-refractivity contribution in [3.63, 3.8) is 0 Å². The van der Waals surface area contributed by atoms with E-state index in [0.717, 1.165) is 12.8 Å². The highest BCUT2D eigenvalue weighted by atomic mass is 16.4. The van der Waals surface area contributed by atoms with Crippen LogP contribution in [0.2, 0.25) is 0 Å². The Balaban J connectivity index is 2.48. The van der Waals surface area contributed by atoms with E-state index in [0.29, 0.717) is 25.3 Å². The number of amides is 1. The van der Waals surface area contributed by atoms with E-state index in [1.165, 1.54) is 0 Å². The standard InChI is InChI=1S/C12H20N2O5/c13-6-7-1-3-8(4-2-7)11(17)14-9(12(18)19)5-10(15)16/h7-9H,1-6,13H2,(H,14,17)(H,15,16)(H,18,19). The van der Waals surface area contributed by atoms with Gasteiger partial charge >= 0.3 is 11.9 Å². The number of hydrogen-bond donors (Lipinski definition) is 4. The van der Waals surface area contributed by atoms with Gasteiger partial charge in [0, 0.05) is 5.92 Å². The molecule has 0 aromatic heterocycles. The van der Waals surface area contributed by atoms with Crippen LogP contribution in [0.5, 0.6) is 0 Å². The lowest BCUT2D eigenvalue weighted by molar-refractivity contribution is -0.147. The van der Waals surface area contributed by atoms with Gasteiger partial charge in [-0.25, -0.2) is 4.79 Å². The van der Waals surface area contributed by atoms with Crippen LogP contribution in [0, 0.1) is 11.8 Å². The van der Waals surface area contributed by atoms with Gasteiger partial charge in [-0.3, -0.25) is 9.59 Å². The Hall–Kier alpha value is -1.63. The molecule has 1 saturated carbocycles. The van der Waals surface area contributed by atoms with E-state index in [-0.39, 0.29) is 11.8 Å². The predicted molar refractivity (Wildman–Crippen MR) is 66.3 cm³/mol. The van der Waals surface area contributed by atoms with Gasteiger partial charge in [-0.15, -0.1) is 0 Å². The van der Waals surface area contributed by atoms with Crippen LogP contribution < -0.4 is 11.1 Å². The summed E-state index contributed by atoms with van der Waals surface area (Å²) in [7, 11) is 0. The zero-order valence-corrected chi connectivity index (χ0v) is 10.7. The summed E-state index contributed by atoms with van der Waals surface area (Å²) >= 11 is 0. The minimum atomic E-state index is -1.36. The third-order valence-corrected chi connectivity index (χ3v) is 3.54. The first-order chi connectivity index (χ1) is 8.93. The number of nitrogens with one attached hydrogen (secondary N) is 1. The average molecular weight is 272 g/mol. The summed E-state index contributed by atoms with van der Waals surface area (Å²) in [5, 5.41) is 19.7. The van der Waals surface area contributed by atoms with Crippen molar-refractivity contribution in [2.45, 2.75) is 38.1 Å². The fraction of sp³-hybridized carbons (Fsp3) is 0.750. The first kappa shape index (κ1) is 15.4. The molecule has 1 amide bonds. The van der Waals surface area contributed by atoms with Gasteiger partial charge in [-0.1, -0.05) is 0 Å². The molecule has 0 heterocycles. The minimum Gasteiger partial charge on any atom is -0.481 e. The maximum Gasteiger partial charge on any atom is 0.326 e. The van der Waals surface area contributed by atoms with Crippen molar-refractivity contribution in [2.75, 3.05) is 6.54 Å². The Labute approximate surface area is 111 Å². The summed E-state index contributed by atoms with van der Waals surface area (Å²) in [5.41, 5.74) is 5.56. The van der Waals surface area contributed by atoms with Gasteiger partial charge in [-0.05, 0) is 38.1 Å². The molecule has 0 saturated heterocycles. The molecule has 0 aliphatic heterocycles. The number of rotatable bonds is 6. The van der Waals surface area contributed by atoms with Crippen LogP contribution in [0.4, 0.5) is 0 Å². The fourth-order valence-electron chi connectivity index (χ4n) is 2.32. The maximum absolute atomic E-state index is 11.9. The number of carbonyl (C=O) groups excluding carboxylic acids is 1. The van der Waals surface area contributed by atoms with E-state index in [1.54, 1.807) is 0 Å². The van der Waals surface area contributed by atoms with Crippen LogP contribution in [0.3, 0.4) is 0 Å². The number of aliphatic carboxylic acids is 2. The van der Waals surface area contributed by atoms with E-state index < -0.39 is 24.4 Å². The minimum absolute atomic E-state index is 0.238. The monoisotopic (exact) mass is 272 g/mol. The van der Waals surface area contributed by atoms with Crippen LogP contribution in [0.15, 0.2) is 0 Å². The van der Waals surface area contributed by atoms with Crippen molar-refractivity contribution < 1.29 is 24.6 Å². The van der Waals surface area contributed by atoms with Crippen LogP contribution >= 0.6 is 0 Å². The second kappa shape index (κ2) is 7.08. The summed E-state index contributed by atoms with van der Waals surface area (Å²) in [4.78, 5) is 33.3. The van der Waals surface area contributed by atoms with E-state index in [2.05, 4.69) is 5.32 Å². The van der Waals surface area contributed by atoms with Gasteiger partial charge in [0.2, 0.25) is 5.91 Å². The van der Waals surface area contributed by atoms with Crippen molar-refractivity contribution >= 4 is 17.8 Å². The molecule has 1 unspecified atom stereocenters. The van der Waals surface area contributed by atoms with Crippen LogP contribution in [-0.4, -0.2) is 40.6 Å². The Morgan fingerprint density at radius 1 is 1.16 bits per heavy atom. The van der Waals surface area contributed by atoms with Crippen LogP contribution in [-0.2, 0) is 14.4 Å². The average Bonchev–Trinajstić information content (AvgIpc) is 2.37. The normalized spacial score (nSPS) is 24.5. The number of carboxylic acids is 2. The first-order valence-electron chi connectivity index (χ1n) is 6.39. The van der Waals surface area contributed by atoms with Gasteiger partial charge in [-0.2, -0.15) is 0 Å². The van der Waals surface area contributed by atoms with Gasteiger partial charge in [0.05, 0.1) is 6.42 Å². The quantitative estimate of drug-likeness (QED) is 0.529. The summed E-state index contributed by atoms with van der Waals surface area (Å²) < 4.78 is 0. The maximum atomic E-state index is 11.9. The predicted octanol–water partition coefficient (Wildman–Crippen LogP) is -0.204. The Morgan fingerprint density at radius 3 is 2.16 bits per heavy atom. The van der Waals surface area contributed by atoms with Gasteiger partial charge in [0.1, 0.15) is 6.04 Å². The third-order valence-electron chi connectivity index (χ3n) is 3.54. The molecular weight excluding hydrogens is 252 g/mol. The van der Waals surface area contributed by atoms with Gasteiger partial charge in [0.25, 0.3) is 0 Å². The first-order valence-corrected chi connectivity index (χ1v) is 6.39. The third kappa shape index (κ3) is 4.86. The Bertz CT molecular complexity index is 350. The number of carbonyl (C=O) groups is 3. The molecule has 1 aliphatic carbocycles. The molecule has 0 radical (unpaired) electrons. The summed E-state index contributed by atoms with van der Waals surface area (Å²) in [6.07, 6.45) is 2.44. The zero-order valence-electron chi connectivity index (χ0n) is 10.7. The van der Waals surface area contributed by atoms with Gasteiger partial charge < -0.3 is 21.3 Å². The molecular formula is C12H20N2O5.